The van der Waals surface area contributed by atoms with Gasteiger partial charge in [-0.15, -0.1) is 0 Å². The molecule has 0 atom stereocenters. The maximum absolute atomic E-state index is 9.70. The van der Waals surface area contributed by atoms with Gasteiger partial charge in [0, 0.05) is 35.5 Å². The molecule has 0 bridgehead atoms. The smallest absolute Gasteiger partial charge is 0.135 e. The molecular weight excluding hydrogens is 404 g/mol. The van der Waals surface area contributed by atoms with Gasteiger partial charge in [-0.1, -0.05) is 57.5 Å². The molecule has 3 aromatic rings. The molecule has 0 fully saturated rings. The maximum atomic E-state index is 9.70. The molecule has 0 amide bonds. The average Bonchev–Trinajstić information content (AvgIpc) is 3.33. The number of allylic oxidation sites excluding steroid dienone is 4. The second kappa shape index (κ2) is 12.1. The fraction of sp³-hybridized carbons (Fsp3) is 0.367. The Kier molecular flexibility index (Phi) is 8.95. The first-order valence-electron chi connectivity index (χ1n) is 12.3. The number of nitrogens with zero attached hydrogens (tertiary/aromatic N) is 2. The Balaban J connectivity index is 1.93. The van der Waals surface area contributed by atoms with Gasteiger partial charge in [-0.2, -0.15) is 5.26 Å². The van der Waals surface area contributed by atoms with Crippen molar-refractivity contribution in [3.05, 3.63) is 72.0 Å². The van der Waals surface area contributed by atoms with E-state index in [4.69, 9.17) is 4.42 Å². The third kappa shape index (κ3) is 5.96. The molecular formula is C30H36N2O. The molecule has 0 spiro atoms. The Morgan fingerprint density at radius 3 is 2.33 bits per heavy atom. The lowest BCUT2D eigenvalue weighted by Gasteiger charge is -2.24. The van der Waals surface area contributed by atoms with Crippen LogP contribution < -0.4 is 4.90 Å². The highest BCUT2D eigenvalue weighted by Crippen LogP contribution is 2.32. The quantitative estimate of drug-likeness (QED) is 0.221. The van der Waals surface area contributed by atoms with Crippen LogP contribution in [0.5, 0.6) is 0 Å². The third-order valence-corrected chi connectivity index (χ3v) is 5.91. The number of hydrogen-bond donors (Lipinski definition) is 0. The van der Waals surface area contributed by atoms with Crippen LogP contribution in [-0.2, 0) is 0 Å². The van der Waals surface area contributed by atoms with E-state index < -0.39 is 0 Å². The highest BCUT2D eigenvalue weighted by Gasteiger charge is 2.13. The molecule has 0 aliphatic rings. The molecule has 0 unspecified atom stereocenters. The van der Waals surface area contributed by atoms with Gasteiger partial charge in [-0.25, -0.2) is 0 Å². The van der Waals surface area contributed by atoms with Crippen LogP contribution in [0.15, 0.2) is 70.7 Å². The molecule has 0 saturated heterocycles. The van der Waals surface area contributed by atoms with E-state index in [0.717, 1.165) is 73.4 Å². The van der Waals surface area contributed by atoms with Gasteiger partial charge < -0.3 is 9.32 Å². The zero-order chi connectivity index (χ0) is 23.6. The Morgan fingerprint density at radius 1 is 0.939 bits per heavy atom. The monoisotopic (exact) mass is 440 g/mol. The average molecular weight is 441 g/mol. The molecule has 3 rings (SSSR count). The molecule has 1 heterocycles. The van der Waals surface area contributed by atoms with Crippen molar-refractivity contribution in [3.63, 3.8) is 0 Å². The van der Waals surface area contributed by atoms with Gasteiger partial charge in [0.25, 0.3) is 0 Å². The lowest BCUT2D eigenvalue weighted by atomic mass is 10.0. The minimum atomic E-state index is 0.751. The van der Waals surface area contributed by atoms with Crippen LogP contribution in [-0.4, -0.2) is 13.1 Å². The van der Waals surface area contributed by atoms with E-state index in [1.807, 2.05) is 31.2 Å². The fourth-order valence-electron chi connectivity index (χ4n) is 4.23. The largest absolute Gasteiger partial charge is 0.456 e. The maximum Gasteiger partial charge on any atom is 0.135 e. The van der Waals surface area contributed by atoms with Crippen LogP contribution in [0.3, 0.4) is 0 Å². The van der Waals surface area contributed by atoms with E-state index in [0.29, 0.717) is 0 Å². The number of unbranched alkanes of at least 4 members (excludes halogenated alkanes) is 1. The Bertz CT molecular complexity index is 1150. The summed E-state index contributed by atoms with van der Waals surface area (Å²) in [6, 6.07) is 19.6. The van der Waals surface area contributed by atoms with Gasteiger partial charge in [-0.3, -0.25) is 0 Å². The number of anilines is 1. The molecule has 0 radical (unpaired) electrons. The van der Waals surface area contributed by atoms with Crippen LogP contribution in [0.4, 0.5) is 5.69 Å². The zero-order valence-electron chi connectivity index (χ0n) is 20.5. The van der Waals surface area contributed by atoms with E-state index in [9.17, 15) is 5.26 Å². The highest BCUT2D eigenvalue weighted by molar-refractivity contribution is 5.89. The van der Waals surface area contributed by atoms with E-state index in [2.05, 4.69) is 68.1 Å². The number of rotatable bonds is 11. The minimum absolute atomic E-state index is 0.751. The molecule has 2 aromatic carbocycles. The summed E-state index contributed by atoms with van der Waals surface area (Å²) in [5.41, 5.74) is 4.01. The van der Waals surface area contributed by atoms with E-state index >= 15 is 0 Å². The zero-order valence-corrected chi connectivity index (χ0v) is 20.5. The van der Waals surface area contributed by atoms with E-state index in [-0.39, 0.29) is 0 Å². The highest BCUT2D eigenvalue weighted by atomic mass is 16.3. The van der Waals surface area contributed by atoms with Gasteiger partial charge in [0.2, 0.25) is 0 Å². The van der Waals surface area contributed by atoms with Gasteiger partial charge in [0.05, 0.1) is 6.07 Å². The van der Waals surface area contributed by atoms with E-state index in [1.165, 1.54) is 16.5 Å². The standard InChI is InChI=1S/C30H36N2O/c1-5-9-11-26(22-31)28(10-6-2)30-17-16-29(33-30)25-13-12-24-21-27(15-14-23(24)20-25)32(18-7-3)19-8-4/h6,10,12-17,20-21H,5,7-9,11,18-19H2,1-4H3/b10-6-,28-26-. The van der Waals surface area contributed by atoms with Crippen molar-refractivity contribution in [1.29, 1.82) is 5.26 Å². The van der Waals surface area contributed by atoms with Crippen molar-refractivity contribution in [2.75, 3.05) is 18.0 Å². The molecule has 0 aliphatic heterocycles. The summed E-state index contributed by atoms with van der Waals surface area (Å²) < 4.78 is 6.25. The molecule has 3 nitrogen and oxygen atoms in total. The second-order valence-electron chi connectivity index (χ2n) is 8.50. The van der Waals surface area contributed by atoms with Crippen molar-refractivity contribution in [1.82, 2.24) is 0 Å². The van der Waals surface area contributed by atoms with Crippen molar-refractivity contribution < 1.29 is 4.42 Å². The van der Waals surface area contributed by atoms with Crippen molar-refractivity contribution in [3.8, 4) is 17.4 Å². The summed E-state index contributed by atoms with van der Waals surface area (Å²) in [5, 5.41) is 12.1. The normalized spacial score (nSPS) is 12.2. The van der Waals surface area contributed by atoms with Crippen LogP contribution in [0, 0.1) is 11.3 Å². The first-order valence-corrected chi connectivity index (χ1v) is 12.3. The molecule has 3 heteroatoms. The number of nitriles is 1. The summed E-state index contributed by atoms with van der Waals surface area (Å²) in [4.78, 5) is 2.46. The Labute approximate surface area is 199 Å². The molecule has 33 heavy (non-hydrogen) atoms. The third-order valence-electron chi connectivity index (χ3n) is 5.91. The van der Waals surface area contributed by atoms with Gasteiger partial charge in [0.1, 0.15) is 11.5 Å². The van der Waals surface area contributed by atoms with Gasteiger partial charge in [0.15, 0.2) is 0 Å². The Morgan fingerprint density at radius 2 is 1.67 bits per heavy atom. The second-order valence-corrected chi connectivity index (χ2v) is 8.50. The first-order chi connectivity index (χ1) is 16.1. The predicted octanol–water partition coefficient (Wildman–Crippen LogP) is 8.77. The van der Waals surface area contributed by atoms with Crippen LogP contribution >= 0.6 is 0 Å². The van der Waals surface area contributed by atoms with Crippen molar-refractivity contribution in [2.45, 2.75) is 59.8 Å². The lowest BCUT2D eigenvalue weighted by molar-refractivity contribution is 0.568. The van der Waals surface area contributed by atoms with Gasteiger partial charge >= 0.3 is 0 Å². The topological polar surface area (TPSA) is 40.2 Å². The van der Waals surface area contributed by atoms with Gasteiger partial charge in [-0.05, 0) is 73.7 Å². The summed E-state index contributed by atoms with van der Waals surface area (Å²) in [6.45, 7) is 10.7. The van der Waals surface area contributed by atoms with Crippen molar-refractivity contribution in [2.24, 2.45) is 0 Å². The van der Waals surface area contributed by atoms with Crippen LogP contribution in [0.2, 0.25) is 0 Å². The molecule has 0 saturated carbocycles. The number of furan rings is 1. The summed E-state index contributed by atoms with van der Waals surface area (Å²) >= 11 is 0. The van der Waals surface area contributed by atoms with E-state index in [1.54, 1.807) is 0 Å². The molecule has 172 valence electrons. The molecule has 1 aromatic heterocycles. The summed E-state index contributed by atoms with van der Waals surface area (Å²) in [7, 11) is 0. The number of benzene rings is 2. The van der Waals surface area contributed by atoms with Crippen LogP contribution in [0.25, 0.3) is 27.7 Å². The lowest BCUT2D eigenvalue weighted by Crippen LogP contribution is -2.24. The molecule has 0 N–H and O–H groups in total. The fourth-order valence-corrected chi connectivity index (χ4v) is 4.23. The minimum Gasteiger partial charge on any atom is -0.456 e. The number of hydrogen-bond acceptors (Lipinski definition) is 3. The Hall–Kier alpha value is -3.25. The number of fused-ring (bicyclic) bond motifs is 1. The predicted molar refractivity (Wildman–Crippen MR) is 141 cm³/mol. The molecule has 0 aliphatic carbocycles. The van der Waals surface area contributed by atoms with Crippen molar-refractivity contribution >= 4 is 22.0 Å². The summed E-state index contributed by atoms with van der Waals surface area (Å²) in [5.74, 6) is 1.57. The first kappa shape index (κ1) is 24.4. The summed E-state index contributed by atoms with van der Waals surface area (Å²) in [6.07, 6.45) is 9.07. The van der Waals surface area contributed by atoms with Crippen LogP contribution in [0.1, 0.15) is 65.6 Å². The SMILES string of the molecule is C/C=C\C(=C(\C#N)CCCC)c1ccc(-c2ccc3cc(N(CCC)CCC)ccc3c2)o1.